The SMILES string of the molecule is CCc1nc(COC)c(CC(=O)O)s1. The van der Waals surface area contributed by atoms with Gasteiger partial charge in [0.15, 0.2) is 0 Å². The van der Waals surface area contributed by atoms with Gasteiger partial charge in [0.05, 0.1) is 23.7 Å². The number of hydrogen-bond acceptors (Lipinski definition) is 4. The quantitative estimate of drug-likeness (QED) is 0.808. The van der Waals surface area contributed by atoms with E-state index in [9.17, 15) is 4.79 Å². The minimum absolute atomic E-state index is 0.0381. The molecule has 0 radical (unpaired) electrons. The number of carbonyl (C=O) groups is 1. The van der Waals surface area contributed by atoms with E-state index in [1.54, 1.807) is 7.11 Å². The summed E-state index contributed by atoms with van der Waals surface area (Å²) in [6, 6.07) is 0. The zero-order valence-corrected chi connectivity index (χ0v) is 9.06. The highest BCUT2D eigenvalue weighted by molar-refractivity contribution is 7.11. The van der Waals surface area contributed by atoms with E-state index >= 15 is 0 Å². The number of ether oxygens (including phenoxy) is 1. The molecule has 0 aliphatic carbocycles. The summed E-state index contributed by atoms with van der Waals surface area (Å²) in [5.74, 6) is -0.825. The molecule has 0 fully saturated rings. The molecule has 0 unspecified atom stereocenters. The number of carboxylic acid groups (broad SMARTS) is 1. The van der Waals surface area contributed by atoms with Gasteiger partial charge in [-0.15, -0.1) is 11.3 Å². The fourth-order valence-electron chi connectivity index (χ4n) is 1.11. The van der Waals surface area contributed by atoms with Gasteiger partial charge in [-0.2, -0.15) is 0 Å². The second-order valence-electron chi connectivity index (χ2n) is 2.83. The Morgan fingerprint density at radius 2 is 2.36 bits per heavy atom. The summed E-state index contributed by atoms with van der Waals surface area (Å²) in [6.45, 7) is 2.39. The van der Waals surface area contributed by atoms with Gasteiger partial charge in [0.2, 0.25) is 0 Å². The summed E-state index contributed by atoms with van der Waals surface area (Å²) in [6.07, 6.45) is 0.872. The fourth-order valence-corrected chi connectivity index (χ4v) is 2.12. The van der Waals surface area contributed by atoms with Crippen LogP contribution in [0.2, 0.25) is 0 Å². The number of rotatable bonds is 5. The van der Waals surface area contributed by atoms with E-state index in [1.807, 2.05) is 6.92 Å². The molecule has 78 valence electrons. The third-order valence-electron chi connectivity index (χ3n) is 1.72. The maximum atomic E-state index is 10.6. The number of aliphatic carboxylic acids is 1. The van der Waals surface area contributed by atoms with Crippen molar-refractivity contribution in [3.8, 4) is 0 Å². The maximum Gasteiger partial charge on any atom is 0.308 e. The van der Waals surface area contributed by atoms with Crippen LogP contribution in [0, 0.1) is 0 Å². The Morgan fingerprint density at radius 1 is 1.64 bits per heavy atom. The van der Waals surface area contributed by atoms with Gasteiger partial charge in [0, 0.05) is 12.0 Å². The number of hydrogen-bond donors (Lipinski definition) is 1. The van der Waals surface area contributed by atoms with Crippen LogP contribution in [0.3, 0.4) is 0 Å². The molecular formula is C9H13NO3S. The van der Waals surface area contributed by atoms with Gasteiger partial charge >= 0.3 is 5.97 Å². The van der Waals surface area contributed by atoms with E-state index in [1.165, 1.54) is 11.3 Å². The number of nitrogens with zero attached hydrogens (tertiary/aromatic N) is 1. The molecule has 1 aromatic rings. The molecule has 1 rings (SSSR count). The monoisotopic (exact) mass is 215 g/mol. The molecule has 0 aromatic carbocycles. The maximum absolute atomic E-state index is 10.6. The van der Waals surface area contributed by atoms with Crippen LogP contribution in [-0.2, 0) is 29.0 Å². The highest BCUT2D eigenvalue weighted by Gasteiger charge is 2.12. The van der Waals surface area contributed by atoms with Crippen molar-refractivity contribution in [3.63, 3.8) is 0 Å². The lowest BCUT2D eigenvalue weighted by molar-refractivity contribution is -0.136. The van der Waals surface area contributed by atoms with Gasteiger partial charge in [0.25, 0.3) is 0 Å². The molecule has 1 N–H and O–H groups in total. The molecule has 14 heavy (non-hydrogen) atoms. The summed E-state index contributed by atoms with van der Waals surface area (Å²) in [4.78, 5) is 15.7. The molecule has 0 atom stereocenters. The number of carboxylic acids is 1. The Labute approximate surface area is 86.6 Å². The summed E-state index contributed by atoms with van der Waals surface area (Å²) in [5.41, 5.74) is 0.761. The lowest BCUT2D eigenvalue weighted by atomic mass is 10.3. The van der Waals surface area contributed by atoms with Crippen molar-refractivity contribution in [1.82, 2.24) is 4.98 Å². The van der Waals surface area contributed by atoms with Gasteiger partial charge in [-0.25, -0.2) is 4.98 Å². The smallest absolute Gasteiger partial charge is 0.308 e. The van der Waals surface area contributed by atoms with Crippen LogP contribution in [0.5, 0.6) is 0 Å². The van der Waals surface area contributed by atoms with Crippen LogP contribution in [0.25, 0.3) is 0 Å². The molecule has 0 aliphatic rings. The van der Waals surface area contributed by atoms with Crippen molar-refractivity contribution in [2.45, 2.75) is 26.4 Å². The first-order valence-electron chi connectivity index (χ1n) is 4.35. The summed E-state index contributed by atoms with van der Waals surface area (Å²) < 4.78 is 4.96. The largest absolute Gasteiger partial charge is 0.481 e. The second-order valence-corrected chi connectivity index (χ2v) is 4.00. The topological polar surface area (TPSA) is 59.4 Å². The summed E-state index contributed by atoms with van der Waals surface area (Å²) in [7, 11) is 1.58. The van der Waals surface area contributed by atoms with E-state index in [0.717, 1.165) is 22.0 Å². The lowest BCUT2D eigenvalue weighted by Crippen LogP contribution is -2.01. The van der Waals surface area contributed by atoms with Crippen LogP contribution in [-0.4, -0.2) is 23.2 Å². The average Bonchev–Trinajstić information content (AvgIpc) is 2.48. The first kappa shape index (κ1) is 11.1. The van der Waals surface area contributed by atoms with Crippen LogP contribution in [0.4, 0.5) is 0 Å². The van der Waals surface area contributed by atoms with Crippen LogP contribution in [0.15, 0.2) is 0 Å². The Kier molecular flexibility index (Phi) is 4.03. The van der Waals surface area contributed by atoms with Gasteiger partial charge in [0.1, 0.15) is 0 Å². The molecule has 5 heteroatoms. The fraction of sp³-hybridized carbons (Fsp3) is 0.556. The van der Waals surface area contributed by atoms with Gasteiger partial charge < -0.3 is 9.84 Å². The third kappa shape index (κ3) is 2.78. The molecule has 4 nitrogen and oxygen atoms in total. The zero-order valence-electron chi connectivity index (χ0n) is 8.24. The average molecular weight is 215 g/mol. The van der Waals surface area contributed by atoms with Crippen molar-refractivity contribution in [3.05, 3.63) is 15.6 Å². The highest BCUT2D eigenvalue weighted by atomic mass is 32.1. The van der Waals surface area contributed by atoms with Crippen LogP contribution in [0.1, 0.15) is 22.5 Å². The van der Waals surface area contributed by atoms with Crippen molar-refractivity contribution in [2.75, 3.05) is 7.11 Å². The normalized spacial score (nSPS) is 10.4. The molecule has 0 bridgehead atoms. The molecule has 0 saturated heterocycles. The number of thiazole rings is 1. The first-order chi connectivity index (χ1) is 6.67. The molecule has 0 aliphatic heterocycles. The standard InChI is InChI=1S/C9H13NO3S/c1-3-8-10-6(5-13-2)7(14-8)4-9(11)12/h3-5H2,1-2H3,(H,11,12). The predicted octanol–water partition coefficient (Wildman–Crippen LogP) is 1.48. The molecular weight excluding hydrogens is 202 g/mol. The molecule has 0 amide bonds. The van der Waals surface area contributed by atoms with Gasteiger partial charge in [-0.3, -0.25) is 4.79 Å². The molecule has 0 spiro atoms. The third-order valence-corrected chi connectivity index (χ3v) is 2.96. The van der Waals surface area contributed by atoms with E-state index in [-0.39, 0.29) is 6.42 Å². The van der Waals surface area contributed by atoms with E-state index in [0.29, 0.717) is 6.61 Å². The minimum Gasteiger partial charge on any atom is -0.481 e. The summed E-state index contributed by atoms with van der Waals surface area (Å²) >= 11 is 1.46. The van der Waals surface area contributed by atoms with Crippen molar-refractivity contribution in [2.24, 2.45) is 0 Å². The zero-order chi connectivity index (χ0) is 10.6. The molecule has 1 aromatic heterocycles. The van der Waals surface area contributed by atoms with E-state index in [4.69, 9.17) is 9.84 Å². The van der Waals surface area contributed by atoms with Gasteiger partial charge in [-0.1, -0.05) is 6.92 Å². The lowest BCUT2D eigenvalue weighted by Gasteiger charge is -1.96. The van der Waals surface area contributed by atoms with Crippen LogP contribution < -0.4 is 0 Å². The Bertz CT molecular complexity index is 322. The Hall–Kier alpha value is -0.940. The highest BCUT2D eigenvalue weighted by Crippen LogP contribution is 2.20. The number of methoxy groups -OCH3 is 1. The van der Waals surface area contributed by atoms with Crippen LogP contribution >= 0.6 is 11.3 Å². The van der Waals surface area contributed by atoms with Crippen molar-refractivity contribution in [1.29, 1.82) is 0 Å². The van der Waals surface area contributed by atoms with E-state index in [2.05, 4.69) is 4.98 Å². The molecule has 1 heterocycles. The second kappa shape index (κ2) is 5.07. The minimum atomic E-state index is -0.825. The van der Waals surface area contributed by atoms with Crippen molar-refractivity contribution < 1.29 is 14.6 Å². The predicted molar refractivity (Wildman–Crippen MR) is 53.5 cm³/mol. The Balaban J connectivity index is 2.87. The Morgan fingerprint density at radius 3 is 2.86 bits per heavy atom. The van der Waals surface area contributed by atoms with E-state index < -0.39 is 5.97 Å². The summed E-state index contributed by atoms with van der Waals surface area (Å²) in [5, 5.41) is 9.65. The van der Waals surface area contributed by atoms with Crippen molar-refractivity contribution >= 4 is 17.3 Å². The number of aromatic nitrogens is 1. The first-order valence-corrected chi connectivity index (χ1v) is 5.17. The molecule has 0 saturated carbocycles. The van der Waals surface area contributed by atoms with Gasteiger partial charge in [-0.05, 0) is 6.42 Å². The number of aryl methyl sites for hydroxylation is 1.